The fourth-order valence-corrected chi connectivity index (χ4v) is 3.75. The summed E-state index contributed by atoms with van der Waals surface area (Å²) in [6.07, 6.45) is 1.85. The van der Waals surface area contributed by atoms with Gasteiger partial charge in [-0.05, 0) is 37.1 Å². The van der Waals surface area contributed by atoms with Gasteiger partial charge in [0.25, 0.3) is 5.91 Å². The van der Waals surface area contributed by atoms with Gasteiger partial charge in [-0.3, -0.25) is 4.79 Å². The first-order valence-electron chi connectivity index (χ1n) is 7.58. The molecular weight excluding hydrogens is 336 g/mol. The van der Waals surface area contributed by atoms with Gasteiger partial charge in [-0.15, -0.1) is 0 Å². The van der Waals surface area contributed by atoms with Gasteiger partial charge in [0.15, 0.2) is 5.54 Å². The van der Waals surface area contributed by atoms with Gasteiger partial charge in [-0.1, -0.05) is 0 Å². The van der Waals surface area contributed by atoms with Crippen LogP contribution in [0.25, 0.3) is 0 Å². The lowest BCUT2D eigenvalue weighted by Crippen LogP contribution is -2.55. The smallest absolute Gasteiger partial charge is 0.331 e. The summed E-state index contributed by atoms with van der Waals surface area (Å²) in [5.41, 5.74) is -1.25. The molecule has 0 radical (unpaired) electrons. The molecule has 1 amide bonds. The second-order valence-electron chi connectivity index (χ2n) is 6.06. The Bertz CT molecular complexity index is 749. The van der Waals surface area contributed by atoms with Crippen molar-refractivity contribution in [3.8, 4) is 0 Å². The minimum atomic E-state index is -3.58. The van der Waals surface area contributed by atoms with E-state index in [1.807, 2.05) is 0 Å². The third-order valence-electron chi connectivity index (χ3n) is 4.11. The van der Waals surface area contributed by atoms with E-state index in [1.165, 1.54) is 24.3 Å². The van der Waals surface area contributed by atoms with Gasteiger partial charge >= 0.3 is 5.97 Å². The Labute approximate surface area is 139 Å². The van der Waals surface area contributed by atoms with Crippen molar-refractivity contribution in [2.24, 2.45) is 0 Å². The number of carboxylic acid groups (broad SMARTS) is 1. The van der Waals surface area contributed by atoms with Gasteiger partial charge in [0.05, 0.1) is 11.5 Å². The van der Waals surface area contributed by atoms with Crippen LogP contribution >= 0.6 is 0 Å². The summed E-state index contributed by atoms with van der Waals surface area (Å²) in [6, 6.07) is 5.39. The van der Waals surface area contributed by atoms with Crippen LogP contribution in [0.5, 0.6) is 0 Å². The Morgan fingerprint density at radius 2 is 1.88 bits per heavy atom. The van der Waals surface area contributed by atoms with Crippen LogP contribution in [0, 0.1) is 0 Å². The van der Waals surface area contributed by atoms with Crippen LogP contribution in [0.2, 0.25) is 0 Å². The molecule has 1 saturated carbocycles. The average Bonchev–Trinajstić information content (AvgIpc) is 3.21. The number of ether oxygens (including phenoxy) is 1. The van der Waals surface area contributed by atoms with E-state index < -0.39 is 27.4 Å². The number of hydrogen-bond acceptors (Lipinski definition) is 5. The van der Waals surface area contributed by atoms with E-state index in [1.54, 1.807) is 0 Å². The van der Waals surface area contributed by atoms with Gasteiger partial charge in [-0.2, -0.15) is 0 Å². The van der Waals surface area contributed by atoms with Gasteiger partial charge in [0.1, 0.15) is 0 Å². The van der Waals surface area contributed by atoms with Gasteiger partial charge in [0.2, 0.25) is 10.0 Å². The van der Waals surface area contributed by atoms with Gasteiger partial charge < -0.3 is 15.2 Å². The highest BCUT2D eigenvalue weighted by molar-refractivity contribution is 7.89. The van der Waals surface area contributed by atoms with Crippen molar-refractivity contribution in [3.63, 3.8) is 0 Å². The maximum absolute atomic E-state index is 12.3. The molecule has 1 atom stereocenters. The third kappa shape index (κ3) is 3.42. The predicted molar refractivity (Wildman–Crippen MR) is 83.1 cm³/mol. The molecule has 130 valence electrons. The van der Waals surface area contributed by atoms with Crippen LogP contribution in [0.1, 0.15) is 29.6 Å². The van der Waals surface area contributed by atoms with E-state index in [0.29, 0.717) is 0 Å². The number of carbonyl (C=O) groups excluding carboxylic acids is 1. The zero-order chi connectivity index (χ0) is 17.4. The predicted octanol–water partition coefficient (Wildman–Crippen LogP) is 0.101. The molecule has 1 heterocycles. The summed E-state index contributed by atoms with van der Waals surface area (Å²) < 4.78 is 31.8. The Morgan fingerprint density at radius 1 is 1.21 bits per heavy atom. The lowest BCUT2D eigenvalue weighted by atomic mass is 9.98. The van der Waals surface area contributed by atoms with E-state index in [0.717, 1.165) is 12.8 Å². The van der Waals surface area contributed by atoms with Crippen molar-refractivity contribution >= 4 is 21.9 Å². The lowest BCUT2D eigenvalue weighted by Gasteiger charge is -2.23. The lowest BCUT2D eigenvalue weighted by molar-refractivity contribution is -0.144. The highest BCUT2D eigenvalue weighted by Gasteiger charge is 2.44. The maximum atomic E-state index is 12.3. The first-order chi connectivity index (χ1) is 11.3. The van der Waals surface area contributed by atoms with Crippen LogP contribution in [0.15, 0.2) is 29.2 Å². The van der Waals surface area contributed by atoms with E-state index in [4.69, 9.17) is 4.74 Å². The molecule has 0 aromatic heterocycles. The zero-order valence-corrected chi connectivity index (χ0v) is 13.6. The standard InChI is InChI=1S/C15H18N2O6S/c18-13(16-15(14(19)20)7-8-23-9-15)10-1-5-12(6-2-10)24(21,22)17-11-3-4-11/h1-2,5-6,11,17H,3-4,7-9H2,(H,16,18)(H,19,20). The Morgan fingerprint density at radius 3 is 2.38 bits per heavy atom. The van der Waals surface area contributed by atoms with Crippen molar-refractivity contribution in [2.45, 2.75) is 35.7 Å². The zero-order valence-electron chi connectivity index (χ0n) is 12.8. The molecule has 1 aromatic rings. The first kappa shape index (κ1) is 16.9. The van der Waals surface area contributed by atoms with Crippen molar-refractivity contribution in [1.82, 2.24) is 10.0 Å². The van der Waals surface area contributed by atoms with E-state index in [-0.39, 0.29) is 36.1 Å². The first-order valence-corrected chi connectivity index (χ1v) is 9.07. The van der Waals surface area contributed by atoms with Crippen molar-refractivity contribution in [2.75, 3.05) is 13.2 Å². The molecule has 24 heavy (non-hydrogen) atoms. The Kier molecular flexibility index (Phi) is 4.33. The monoisotopic (exact) mass is 354 g/mol. The average molecular weight is 354 g/mol. The second kappa shape index (κ2) is 6.15. The van der Waals surface area contributed by atoms with Crippen LogP contribution in [-0.4, -0.2) is 50.2 Å². The van der Waals surface area contributed by atoms with E-state index in [9.17, 15) is 23.1 Å². The van der Waals surface area contributed by atoms with Gasteiger partial charge in [-0.25, -0.2) is 17.9 Å². The number of benzene rings is 1. The number of amides is 1. The quantitative estimate of drug-likeness (QED) is 0.666. The number of hydrogen-bond donors (Lipinski definition) is 3. The highest BCUT2D eigenvalue weighted by atomic mass is 32.2. The molecule has 3 N–H and O–H groups in total. The second-order valence-corrected chi connectivity index (χ2v) is 7.78. The summed E-state index contributed by atoms with van der Waals surface area (Å²) in [5.74, 6) is -1.73. The molecule has 1 aromatic carbocycles. The summed E-state index contributed by atoms with van der Waals surface area (Å²) in [4.78, 5) is 23.7. The van der Waals surface area contributed by atoms with Crippen LogP contribution in [0.4, 0.5) is 0 Å². The minimum Gasteiger partial charge on any atom is -0.479 e. The number of rotatable bonds is 6. The summed E-state index contributed by atoms with van der Waals surface area (Å²) >= 11 is 0. The number of carboxylic acids is 1. The number of sulfonamides is 1. The maximum Gasteiger partial charge on any atom is 0.331 e. The fraction of sp³-hybridized carbons (Fsp3) is 0.467. The largest absolute Gasteiger partial charge is 0.479 e. The van der Waals surface area contributed by atoms with Crippen molar-refractivity contribution < 1.29 is 27.9 Å². The molecule has 0 bridgehead atoms. The highest BCUT2D eigenvalue weighted by Crippen LogP contribution is 2.23. The SMILES string of the molecule is O=C(NC1(C(=O)O)CCOC1)c1ccc(S(=O)(=O)NC2CC2)cc1. The Balaban J connectivity index is 1.73. The molecular formula is C15H18N2O6S. The van der Waals surface area contributed by atoms with Crippen molar-refractivity contribution in [1.29, 1.82) is 0 Å². The van der Waals surface area contributed by atoms with Crippen LogP contribution < -0.4 is 10.0 Å². The normalized spacial score (nSPS) is 23.8. The number of aliphatic carboxylic acids is 1. The fourth-order valence-electron chi connectivity index (χ4n) is 2.45. The Hall–Kier alpha value is -1.97. The van der Waals surface area contributed by atoms with Crippen LogP contribution in [-0.2, 0) is 19.6 Å². The molecule has 2 fully saturated rings. The molecule has 1 aliphatic carbocycles. The summed E-state index contributed by atoms with van der Waals surface area (Å²) in [6.45, 7) is 0.169. The van der Waals surface area contributed by atoms with Crippen molar-refractivity contribution in [3.05, 3.63) is 29.8 Å². The topological polar surface area (TPSA) is 122 Å². The number of nitrogens with one attached hydrogen (secondary N) is 2. The van der Waals surface area contributed by atoms with E-state index in [2.05, 4.69) is 10.0 Å². The van der Waals surface area contributed by atoms with Crippen LogP contribution in [0.3, 0.4) is 0 Å². The molecule has 1 aliphatic heterocycles. The van der Waals surface area contributed by atoms with E-state index >= 15 is 0 Å². The summed E-state index contributed by atoms with van der Waals surface area (Å²) in [7, 11) is -3.58. The molecule has 0 spiro atoms. The molecule has 1 saturated heterocycles. The number of carbonyl (C=O) groups is 2. The molecule has 9 heteroatoms. The summed E-state index contributed by atoms with van der Waals surface area (Å²) in [5, 5.41) is 11.8. The molecule has 3 rings (SSSR count). The molecule has 1 unspecified atom stereocenters. The minimum absolute atomic E-state index is 0.00392. The van der Waals surface area contributed by atoms with Gasteiger partial charge in [0, 0.05) is 24.6 Å². The molecule has 8 nitrogen and oxygen atoms in total. The third-order valence-corrected chi connectivity index (χ3v) is 5.65. The molecule has 2 aliphatic rings.